The van der Waals surface area contributed by atoms with Crippen LogP contribution in [-0.2, 0) is 0 Å². The number of rotatable bonds is 2. The van der Waals surface area contributed by atoms with E-state index < -0.39 is 0 Å². The van der Waals surface area contributed by atoms with Gasteiger partial charge in [-0.15, -0.1) is 0 Å². The highest BCUT2D eigenvalue weighted by Gasteiger charge is 2.37. The van der Waals surface area contributed by atoms with E-state index in [2.05, 4.69) is 4.90 Å². The molecule has 0 bridgehead atoms. The Labute approximate surface area is 94.2 Å². The van der Waals surface area contributed by atoms with Crippen LogP contribution in [0.5, 0.6) is 0 Å². The van der Waals surface area contributed by atoms with Gasteiger partial charge in [0.2, 0.25) is 0 Å². The van der Waals surface area contributed by atoms with Gasteiger partial charge in [-0.2, -0.15) is 0 Å². The Bertz CT molecular complexity index is 177. The molecule has 0 aromatic rings. The predicted octanol–water partition coefficient (Wildman–Crippen LogP) is 2.52. The number of nitrogens with two attached hydrogens (primary N) is 1. The van der Waals surface area contributed by atoms with Crippen molar-refractivity contribution in [2.45, 2.75) is 63.3 Å². The molecule has 1 aliphatic heterocycles. The molecule has 2 fully saturated rings. The number of likely N-dealkylation sites (tertiary alicyclic amines) is 1. The highest BCUT2D eigenvalue weighted by atomic mass is 15.2. The second-order valence-corrected chi connectivity index (χ2v) is 5.39. The Hall–Kier alpha value is -0.0800. The maximum absolute atomic E-state index is 6.05. The van der Waals surface area contributed by atoms with Gasteiger partial charge in [0.1, 0.15) is 0 Å². The van der Waals surface area contributed by atoms with E-state index in [0.717, 1.165) is 6.54 Å². The van der Waals surface area contributed by atoms with Gasteiger partial charge in [0.05, 0.1) is 0 Å². The van der Waals surface area contributed by atoms with Crippen LogP contribution in [0.3, 0.4) is 0 Å². The van der Waals surface area contributed by atoms with Crippen LogP contribution in [0.15, 0.2) is 0 Å². The Morgan fingerprint density at radius 1 is 0.800 bits per heavy atom. The van der Waals surface area contributed by atoms with E-state index >= 15 is 0 Å². The molecule has 2 N–H and O–H groups in total. The van der Waals surface area contributed by atoms with Gasteiger partial charge >= 0.3 is 0 Å². The minimum absolute atomic E-state index is 0.400. The first-order valence-electron chi connectivity index (χ1n) is 6.82. The normalized spacial score (nSPS) is 28.6. The highest BCUT2D eigenvalue weighted by molar-refractivity contribution is 4.96. The fraction of sp³-hybridized carbons (Fsp3) is 1.00. The average molecular weight is 210 g/mol. The van der Waals surface area contributed by atoms with Crippen LogP contribution in [0.1, 0.15) is 57.8 Å². The van der Waals surface area contributed by atoms with E-state index in [0.29, 0.717) is 5.54 Å². The molecule has 2 aliphatic rings. The van der Waals surface area contributed by atoms with E-state index in [9.17, 15) is 0 Å². The SMILES string of the molecule is NCC1(N2CCCCCCC2)CCCC1. The van der Waals surface area contributed by atoms with Gasteiger partial charge in [0.25, 0.3) is 0 Å². The summed E-state index contributed by atoms with van der Waals surface area (Å²) < 4.78 is 0. The van der Waals surface area contributed by atoms with Crippen molar-refractivity contribution in [2.24, 2.45) is 5.73 Å². The van der Waals surface area contributed by atoms with E-state index in [1.165, 1.54) is 70.9 Å². The van der Waals surface area contributed by atoms with Crippen molar-refractivity contribution in [1.82, 2.24) is 4.90 Å². The molecular formula is C13H26N2. The first-order chi connectivity index (χ1) is 7.37. The summed E-state index contributed by atoms with van der Waals surface area (Å²) in [6, 6.07) is 0. The standard InChI is InChI=1S/C13H26N2/c14-12-13(8-4-5-9-13)15-10-6-2-1-3-7-11-15/h1-12,14H2. The van der Waals surface area contributed by atoms with Crippen LogP contribution in [-0.4, -0.2) is 30.1 Å². The second kappa shape index (κ2) is 5.31. The average Bonchev–Trinajstić information content (AvgIpc) is 2.67. The van der Waals surface area contributed by atoms with Gasteiger partial charge < -0.3 is 5.73 Å². The smallest absolute Gasteiger partial charge is 0.0331 e. The van der Waals surface area contributed by atoms with Gasteiger partial charge in [-0.3, -0.25) is 4.90 Å². The second-order valence-electron chi connectivity index (χ2n) is 5.39. The van der Waals surface area contributed by atoms with Crippen molar-refractivity contribution in [1.29, 1.82) is 0 Å². The maximum Gasteiger partial charge on any atom is 0.0331 e. The van der Waals surface area contributed by atoms with Gasteiger partial charge in [-0.1, -0.05) is 32.1 Å². The molecule has 0 spiro atoms. The van der Waals surface area contributed by atoms with Gasteiger partial charge in [0, 0.05) is 12.1 Å². The van der Waals surface area contributed by atoms with Crippen molar-refractivity contribution in [2.75, 3.05) is 19.6 Å². The zero-order chi connectivity index (χ0) is 10.6. The monoisotopic (exact) mass is 210 g/mol. The summed E-state index contributed by atoms with van der Waals surface area (Å²) in [7, 11) is 0. The van der Waals surface area contributed by atoms with Crippen molar-refractivity contribution >= 4 is 0 Å². The molecule has 0 atom stereocenters. The molecule has 0 aromatic heterocycles. The molecule has 1 saturated heterocycles. The number of hydrogen-bond acceptors (Lipinski definition) is 2. The fourth-order valence-electron chi connectivity index (χ4n) is 3.40. The lowest BCUT2D eigenvalue weighted by molar-refractivity contribution is 0.0889. The first kappa shape index (κ1) is 11.4. The summed E-state index contributed by atoms with van der Waals surface area (Å²) in [6.07, 6.45) is 12.6. The summed E-state index contributed by atoms with van der Waals surface area (Å²) in [5, 5.41) is 0. The Balaban J connectivity index is 1.98. The third-order valence-electron chi connectivity index (χ3n) is 4.44. The van der Waals surface area contributed by atoms with Gasteiger partial charge in [0.15, 0.2) is 0 Å². The molecule has 2 nitrogen and oxygen atoms in total. The minimum Gasteiger partial charge on any atom is -0.329 e. The molecule has 88 valence electrons. The molecule has 1 heterocycles. The van der Waals surface area contributed by atoms with Crippen LogP contribution in [0.25, 0.3) is 0 Å². The molecule has 0 radical (unpaired) electrons. The van der Waals surface area contributed by atoms with Crippen LogP contribution < -0.4 is 5.73 Å². The highest BCUT2D eigenvalue weighted by Crippen LogP contribution is 2.35. The van der Waals surface area contributed by atoms with Gasteiger partial charge in [-0.05, 0) is 38.8 Å². The van der Waals surface area contributed by atoms with E-state index in [4.69, 9.17) is 5.73 Å². The Morgan fingerprint density at radius 2 is 1.33 bits per heavy atom. The summed E-state index contributed by atoms with van der Waals surface area (Å²) in [5.74, 6) is 0. The third kappa shape index (κ3) is 2.54. The molecular weight excluding hydrogens is 184 g/mol. The molecule has 2 rings (SSSR count). The number of hydrogen-bond donors (Lipinski definition) is 1. The lowest BCUT2D eigenvalue weighted by Gasteiger charge is -2.41. The number of nitrogens with zero attached hydrogens (tertiary/aromatic N) is 1. The summed E-state index contributed by atoms with van der Waals surface area (Å²) >= 11 is 0. The Kier molecular flexibility index (Phi) is 4.04. The quantitative estimate of drug-likeness (QED) is 0.759. The Morgan fingerprint density at radius 3 is 1.87 bits per heavy atom. The van der Waals surface area contributed by atoms with E-state index in [1.807, 2.05) is 0 Å². The fourth-order valence-corrected chi connectivity index (χ4v) is 3.40. The lowest BCUT2D eigenvalue weighted by Crippen LogP contribution is -2.52. The minimum atomic E-state index is 0.400. The molecule has 1 aliphatic carbocycles. The van der Waals surface area contributed by atoms with Crippen molar-refractivity contribution in [3.8, 4) is 0 Å². The van der Waals surface area contributed by atoms with Gasteiger partial charge in [-0.25, -0.2) is 0 Å². The summed E-state index contributed by atoms with van der Waals surface area (Å²) in [5.41, 5.74) is 6.45. The molecule has 0 unspecified atom stereocenters. The topological polar surface area (TPSA) is 29.3 Å². The molecule has 15 heavy (non-hydrogen) atoms. The molecule has 2 heteroatoms. The van der Waals surface area contributed by atoms with Crippen LogP contribution in [0.4, 0.5) is 0 Å². The zero-order valence-corrected chi connectivity index (χ0v) is 10.0. The molecule has 0 amide bonds. The van der Waals surface area contributed by atoms with Crippen molar-refractivity contribution in [3.63, 3.8) is 0 Å². The molecule has 0 aromatic carbocycles. The lowest BCUT2D eigenvalue weighted by atomic mass is 9.93. The van der Waals surface area contributed by atoms with Crippen molar-refractivity contribution < 1.29 is 0 Å². The third-order valence-corrected chi connectivity index (χ3v) is 4.44. The molecule has 1 saturated carbocycles. The van der Waals surface area contributed by atoms with E-state index in [1.54, 1.807) is 0 Å². The zero-order valence-electron chi connectivity index (χ0n) is 10.0. The van der Waals surface area contributed by atoms with Crippen LogP contribution >= 0.6 is 0 Å². The van der Waals surface area contributed by atoms with Crippen LogP contribution in [0.2, 0.25) is 0 Å². The predicted molar refractivity (Wildman–Crippen MR) is 64.9 cm³/mol. The largest absolute Gasteiger partial charge is 0.329 e. The van der Waals surface area contributed by atoms with Crippen molar-refractivity contribution in [3.05, 3.63) is 0 Å². The summed E-state index contributed by atoms with van der Waals surface area (Å²) in [4.78, 5) is 2.74. The maximum atomic E-state index is 6.05. The van der Waals surface area contributed by atoms with Crippen LogP contribution in [0, 0.1) is 0 Å². The first-order valence-corrected chi connectivity index (χ1v) is 6.82. The van der Waals surface area contributed by atoms with E-state index in [-0.39, 0.29) is 0 Å². The summed E-state index contributed by atoms with van der Waals surface area (Å²) in [6.45, 7) is 3.49.